The molecular weight excluding hydrogens is 244 g/mol. The number of halogens is 1. The Balaban J connectivity index is 2.86. The van der Waals surface area contributed by atoms with Crippen molar-refractivity contribution >= 4 is 17.6 Å². The van der Waals surface area contributed by atoms with Gasteiger partial charge in [-0.1, -0.05) is 24.2 Å². The van der Waals surface area contributed by atoms with E-state index < -0.39 is 12.1 Å². The summed E-state index contributed by atoms with van der Waals surface area (Å²) in [6.45, 7) is 5.83. The van der Waals surface area contributed by atoms with Gasteiger partial charge >= 0.3 is 5.97 Å². The molecule has 1 aromatic rings. The highest BCUT2D eigenvalue weighted by Gasteiger charge is 2.17. The predicted molar refractivity (Wildman–Crippen MR) is 64.4 cm³/mol. The summed E-state index contributed by atoms with van der Waals surface area (Å²) in [6, 6.07) is 4.35. The summed E-state index contributed by atoms with van der Waals surface area (Å²) >= 11 is 5.90. The van der Waals surface area contributed by atoms with E-state index in [0.29, 0.717) is 12.4 Å². The fraction of sp³-hybridized carbons (Fsp3) is 0.250. The van der Waals surface area contributed by atoms with Crippen molar-refractivity contribution in [2.75, 3.05) is 6.61 Å². The van der Waals surface area contributed by atoms with Gasteiger partial charge in [0.15, 0.2) is 6.10 Å². The molecule has 1 atom stereocenters. The topological polar surface area (TPSA) is 66.8 Å². The molecule has 5 heteroatoms. The Kier molecular flexibility index (Phi) is 4.54. The maximum absolute atomic E-state index is 10.6. The van der Waals surface area contributed by atoms with Crippen molar-refractivity contribution in [2.45, 2.75) is 13.0 Å². The Morgan fingerprint density at radius 2 is 2.24 bits per heavy atom. The standard InChI is InChI=1S/C12H13ClO4/c1-7(2)6-17-10-4-3-8(5-9(10)13)11(14)12(15)16/h3-5,11,14H,1,6H2,2H3,(H,15,16). The van der Waals surface area contributed by atoms with Crippen molar-refractivity contribution in [1.82, 2.24) is 0 Å². The summed E-state index contributed by atoms with van der Waals surface area (Å²) in [6.07, 6.45) is -1.58. The van der Waals surface area contributed by atoms with Crippen LogP contribution in [0.25, 0.3) is 0 Å². The minimum atomic E-state index is -1.58. The second kappa shape index (κ2) is 5.70. The third kappa shape index (κ3) is 3.76. The molecule has 0 aromatic heterocycles. The Hall–Kier alpha value is -1.52. The monoisotopic (exact) mass is 256 g/mol. The van der Waals surface area contributed by atoms with Crippen LogP contribution in [-0.2, 0) is 4.79 Å². The van der Waals surface area contributed by atoms with E-state index in [0.717, 1.165) is 5.57 Å². The number of ether oxygens (including phenoxy) is 1. The number of aliphatic carboxylic acids is 1. The van der Waals surface area contributed by atoms with Crippen LogP contribution in [0.4, 0.5) is 0 Å². The first-order valence-corrected chi connectivity index (χ1v) is 5.27. The smallest absolute Gasteiger partial charge is 0.337 e. The van der Waals surface area contributed by atoms with Gasteiger partial charge in [-0.15, -0.1) is 0 Å². The van der Waals surface area contributed by atoms with Crippen molar-refractivity contribution in [1.29, 1.82) is 0 Å². The summed E-state index contributed by atoms with van der Waals surface area (Å²) in [7, 11) is 0. The molecular formula is C12H13ClO4. The number of aliphatic hydroxyl groups is 1. The van der Waals surface area contributed by atoms with E-state index in [1.54, 1.807) is 0 Å². The highest BCUT2D eigenvalue weighted by atomic mass is 35.5. The van der Waals surface area contributed by atoms with Crippen molar-refractivity contribution in [2.24, 2.45) is 0 Å². The zero-order valence-corrected chi connectivity index (χ0v) is 10.1. The van der Waals surface area contributed by atoms with E-state index >= 15 is 0 Å². The summed E-state index contributed by atoms with van der Waals surface area (Å²) in [5.41, 5.74) is 1.06. The number of aliphatic hydroxyl groups excluding tert-OH is 1. The fourth-order valence-corrected chi connectivity index (χ4v) is 1.39. The maximum atomic E-state index is 10.6. The lowest BCUT2D eigenvalue weighted by Crippen LogP contribution is -2.10. The lowest BCUT2D eigenvalue weighted by Gasteiger charge is -2.10. The van der Waals surface area contributed by atoms with Crippen LogP contribution in [0.1, 0.15) is 18.6 Å². The van der Waals surface area contributed by atoms with Gasteiger partial charge in [-0.2, -0.15) is 0 Å². The average molecular weight is 257 g/mol. The van der Waals surface area contributed by atoms with E-state index in [4.69, 9.17) is 21.4 Å². The molecule has 1 aromatic carbocycles. The number of carboxylic acids is 1. The highest BCUT2D eigenvalue weighted by Crippen LogP contribution is 2.28. The number of carbonyl (C=O) groups is 1. The van der Waals surface area contributed by atoms with Crippen LogP contribution in [0.5, 0.6) is 5.75 Å². The Morgan fingerprint density at radius 1 is 1.59 bits per heavy atom. The highest BCUT2D eigenvalue weighted by molar-refractivity contribution is 6.32. The third-order valence-electron chi connectivity index (χ3n) is 1.98. The molecule has 0 aliphatic carbocycles. The van der Waals surface area contributed by atoms with Crippen LogP contribution in [0.2, 0.25) is 5.02 Å². The molecule has 0 spiro atoms. The average Bonchev–Trinajstić information content (AvgIpc) is 2.26. The summed E-state index contributed by atoms with van der Waals surface area (Å²) in [4.78, 5) is 10.6. The van der Waals surface area contributed by atoms with Crippen LogP contribution in [0.15, 0.2) is 30.4 Å². The van der Waals surface area contributed by atoms with Crippen LogP contribution >= 0.6 is 11.6 Å². The summed E-state index contributed by atoms with van der Waals surface area (Å²) in [5.74, 6) is -0.896. The van der Waals surface area contributed by atoms with Crippen molar-refractivity contribution in [3.05, 3.63) is 40.9 Å². The van der Waals surface area contributed by atoms with Gasteiger partial charge in [0.05, 0.1) is 5.02 Å². The number of carboxylic acid groups (broad SMARTS) is 1. The van der Waals surface area contributed by atoms with Gasteiger partial charge < -0.3 is 14.9 Å². The molecule has 2 N–H and O–H groups in total. The molecule has 0 saturated carbocycles. The number of benzene rings is 1. The largest absolute Gasteiger partial charge is 0.488 e. The van der Waals surface area contributed by atoms with Gasteiger partial charge in [-0.3, -0.25) is 0 Å². The Morgan fingerprint density at radius 3 is 2.71 bits per heavy atom. The molecule has 0 bridgehead atoms. The molecule has 92 valence electrons. The molecule has 0 saturated heterocycles. The van der Waals surface area contributed by atoms with Gasteiger partial charge in [0.2, 0.25) is 0 Å². The van der Waals surface area contributed by atoms with E-state index in [9.17, 15) is 9.90 Å². The molecule has 1 rings (SSSR count). The van der Waals surface area contributed by atoms with Gasteiger partial charge in [-0.25, -0.2) is 4.79 Å². The van der Waals surface area contributed by atoms with Crippen LogP contribution in [0.3, 0.4) is 0 Å². The molecule has 17 heavy (non-hydrogen) atoms. The zero-order valence-electron chi connectivity index (χ0n) is 9.31. The second-order valence-corrected chi connectivity index (χ2v) is 4.08. The van der Waals surface area contributed by atoms with Gasteiger partial charge in [-0.05, 0) is 30.2 Å². The minimum Gasteiger partial charge on any atom is -0.488 e. The molecule has 0 amide bonds. The minimum absolute atomic E-state index is 0.213. The second-order valence-electron chi connectivity index (χ2n) is 3.68. The van der Waals surface area contributed by atoms with Crippen molar-refractivity contribution in [3.63, 3.8) is 0 Å². The van der Waals surface area contributed by atoms with Crippen LogP contribution in [0, 0.1) is 0 Å². The van der Waals surface area contributed by atoms with Crippen LogP contribution in [-0.4, -0.2) is 22.8 Å². The van der Waals surface area contributed by atoms with E-state index in [1.165, 1.54) is 18.2 Å². The first-order valence-electron chi connectivity index (χ1n) is 4.89. The lowest BCUT2D eigenvalue weighted by atomic mass is 10.1. The Bertz CT molecular complexity index is 442. The quantitative estimate of drug-likeness (QED) is 0.794. The number of hydrogen-bond donors (Lipinski definition) is 2. The molecule has 4 nitrogen and oxygen atoms in total. The first-order chi connectivity index (χ1) is 7.91. The van der Waals surface area contributed by atoms with Gasteiger partial charge in [0.25, 0.3) is 0 Å². The zero-order chi connectivity index (χ0) is 13.0. The molecule has 0 aliphatic rings. The summed E-state index contributed by atoms with van der Waals surface area (Å²) in [5, 5.41) is 18.2. The Labute approximate surface area is 104 Å². The SMILES string of the molecule is C=C(C)COc1ccc(C(O)C(=O)O)cc1Cl. The van der Waals surface area contributed by atoms with E-state index in [2.05, 4.69) is 6.58 Å². The third-order valence-corrected chi connectivity index (χ3v) is 2.28. The molecule has 0 aliphatic heterocycles. The van der Waals surface area contributed by atoms with E-state index in [1.807, 2.05) is 6.92 Å². The first kappa shape index (κ1) is 13.5. The molecule has 0 heterocycles. The lowest BCUT2D eigenvalue weighted by molar-refractivity contribution is -0.146. The fourth-order valence-electron chi connectivity index (χ4n) is 1.15. The summed E-state index contributed by atoms with van der Waals surface area (Å²) < 4.78 is 5.33. The van der Waals surface area contributed by atoms with Crippen molar-refractivity contribution < 1.29 is 19.7 Å². The predicted octanol–water partition coefficient (Wildman–Crippen LogP) is 2.41. The normalized spacial score (nSPS) is 11.9. The van der Waals surface area contributed by atoms with E-state index in [-0.39, 0.29) is 10.6 Å². The van der Waals surface area contributed by atoms with Gasteiger partial charge in [0, 0.05) is 0 Å². The number of hydrogen-bond acceptors (Lipinski definition) is 3. The molecule has 0 fully saturated rings. The number of rotatable bonds is 5. The van der Waals surface area contributed by atoms with Gasteiger partial charge in [0.1, 0.15) is 12.4 Å². The maximum Gasteiger partial charge on any atom is 0.337 e. The van der Waals surface area contributed by atoms with Crippen molar-refractivity contribution in [3.8, 4) is 5.75 Å². The van der Waals surface area contributed by atoms with Crippen LogP contribution < -0.4 is 4.74 Å². The molecule has 0 radical (unpaired) electrons. The molecule has 1 unspecified atom stereocenters.